The van der Waals surface area contributed by atoms with Crippen molar-refractivity contribution < 1.29 is 18.4 Å². The number of amides is 2. The van der Waals surface area contributed by atoms with E-state index >= 15 is 0 Å². The highest BCUT2D eigenvalue weighted by Gasteiger charge is 2.25. The van der Waals surface area contributed by atoms with E-state index in [1.165, 1.54) is 11.0 Å². The van der Waals surface area contributed by atoms with E-state index in [0.717, 1.165) is 22.2 Å². The molecule has 0 unspecified atom stereocenters. The second-order valence-corrected chi connectivity index (χ2v) is 7.61. The van der Waals surface area contributed by atoms with Crippen LogP contribution in [0.15, 0.2) is 40.9 Å². The van der Waals surface area contributed by atoms with Crippen LogP contribution in [0.4, 0.5) is 8.78 Å². The van der Waals surface area contributed by atoms with E-state index < -0.39 is 11.6 Å². The third-order valence-electron chi connectivity index (χ3n) is 4.36. The molecule has 0 N–H and O–H groups in total. The molecule has 1 saturated heterocycles. The molecule has 0 aliphatic carbocycles. The summed E-state index contributed by atoms with van der Waals surface area (Å²) in [6.45, 7) is 1.44. The van der Waals surface area contributed by atoms with Gasteiger partial charge in [-0.15, -0.1) is 0 Å². The van der Waals surface area contributed by atoms with Gasteiger partial charge < -0.3 is 9.80 Å². The molecule has 2 amide bonds. The van der Waals surface area contributed by atoms with Gasteiger partial charge in [-0.25, -0.2) is 8.78 Å². The molecule has 4 nitrogen and oxygen atoms in total. The standard InChI is InChI=1S/C19H16BrClF2N2O2/c20-14-7-12(8-15(21)11-14)9-18(26)24-3-5-25(6-4-24)19(27)13-1-2-16(22)17(23)10-13/h1-2,7-8,10-11H,3-6,9H2. The molecule has 0 saturated carbocycles. The van der Waals surface area contributed by atoms with Crippen molar-refractivity contribution in [3.8, 4) is 0 Å². The quantitative estimate of drug-likeness (QED) is 0.701. The normalized spacial score (nSPS) is 14.4. The first-order chi connectivity index (χ1) is 12.8. The number of carbonyl (C=O) groups excluding carboxylic acids is 2. The maximum atomic E-state index is 13.3. The molecular weight excluding hydrogens is 442 g/mol. The number of hydrogen-bond acceptors (Lipinski definition) is 2. The van der Waals surface area contributed by atoms with E-state index in [1.807, 2.05) is 6.07 Å². The average molecular weight is 458 g/mol. The van der Waals surface area contributed by atoms with Gasteiger partial charge in [0.1, 0.15) is 0 Å². The first-order valence-electron chi connectivity index (χ1n) is 8.30. The Kier molecular flexibility index (Phi) is 6.11. The largest absolute Gasteiger partial charge is 0.339 e. The molecule has 0 radical (unpaired) electrons. The molecular formula is C19H16BrClF2N2O2. The van der Waals surface area contributed by atoms with Gasteiger partial charge in [-0.05, 0) is 42.0 Å². The van der Waals surface area contributed by atoms with Gasteiger partial charge >= 0.3 is 0 Å². The lowest BCUT2D eigenvalue weighted by Crippen LogP contribution is -2.51. The molecule has 0 bridgehead atoms. The zero-order valence-electron chi connectivity index (χ0n) is 14.2. The second-order valence-electron chi connectivity index (χ2n) is 6.26. The van der Waals surface area contributed by atoms with Crippen LogP contribution in [0.5, 0.6) is 0 Å². The lowest BCUT2D eigenvalue weighted by molar-refractivity contribution is -0.131. The van der Waals surface area contributed by atoms with Crippen molar-refractivity contribution in [3.05, 3.63) is 68.7 Å². The smallest absolute Gasteiger partial charge is 0.254 e. The van der Waals surface area contributed by atoms with Crippen molar-refractivity contribution in [2.75, 3.05) is 26.2 Å². The number of hydrogen-bond donors (Lipinski definition) is 0. The molecule has 1 aliphatic heterocycles. The molecule has 8 heteroatoms. The summed E-state index contributed by atoms with van der Waals surface area (Å²) in [5.74, 6) is -2.47. The maximum absolute atomic E-state index is 13.3. The number of nitrogens with zero attached hydrogens (tertiary/aromatic N) is 2. The van der Waals surface area contributed by atoms with Gasteiger partial charge in [0.05, 0.1) is 6.42 Å². The molecule has 2 aromatic rings. The molecule has 1 aliphatic rings. The van der Waals surface area contributed by atoms with Crippen LogP contribution < -0.4 is 0 Å². The van der Waals surface area contributed by atoms with E-state index in [-0.39, 0.29) is 23.8 Å². The highest BCUT2D eigenvalue weighted by molar-refractivity contribution is 9.10. The van der Waals surface area contributed by atoms with Gasteiger partial charge in [0.2, 0.25) is 5.91 Å². The molecule has 3 rings (SSSR count). The molecule has 0 spiro atoms. The summed E-state index contributed by atoms with van der Waals surface area (Å²) in [6.07, 6.45) is 0.219. The van der Waals surface area contributed by atoms with Gasteiger partial charge in [0.25, 0.3) is 5.91 Å². The van der Waals surface area contributed by atoms with Crippen molar-refractivity contribution in [2.24, 2.45) is 0 Å². The molecule has 1 fully saturated rings. The summed E-state index contributed by atoms with van der Waals surface area (Å²) < 4.78 is 27.2. The maximum Gasteiger partial charge on any atom is 0.254 e. The van der Waals surface area contributed by atoms with Crippen LogP contribution >= 0.6 is 27.5 Å². The minimum Gasteiger partial charge on any atom is -0.339 e. The van der Waals surface area contributed by atoms with E-state index in [9.17, 15) is 18.4 Å². The van der Waals surface area contributed by atoms with Crippen LogP contribution in [-0.4, -0.2) is 47.8 Å². The molecule has 0 aromatic heterocycles. The summed E-state index contributed by atoms with van der Waals surface area (Å²) in [5, 5.41) is 0.550. The Morgan fingerprint density at radius 2 is 1.63 bits per heavy atom. The van der Waals surface area contributed by atoms with Gasteiger partial charge in [0, 0.05) is 41.2 Å². The second kappa shape index (κ2) is 8.35. The Bertz CT molecular complexity index is 866. The van der Waals surface area contributed by atoms with Gasteiger partial charge in [0.15, 0.2) is 11.6 Å². The summed E-state index contributed by atoms with van der Waals surface area (Å²) in [7, 11) is 0. The highest BCUT2D eigenvalue weighted by Crippen LogP contribution is 2.21. The minimum atomic E-state index is -1.05. The molecule has 27 heavy (non-hydrogen) atoms. The topological polar surface area (TPSA) is 40.6 Å². The highest BCUT2D eigenvalue weighted by atomic mass is 79.9. The van der Waals surface area contributed by atoms with Crippen LogP contribution in [0.3, 0.4) is 0 Å². The number of benzene rings is 2. The number of piperazine rings is 1. The van der Waals surface area contributed by atoms with E-state index in [1.54, 1.807) is 17.0 Å². The number of carbonyl (C=O) groups is 2. The lowest BCUT2D eigenvalue weighted by Gasteiger charge is -2.35. The van der Waals surface area contributed by atoms with Crippen LogP contribution in [-0.2, 0) is 11.2 Å². The molecule has 0 atom stereocenters. The lowest BCUT2D eigenvalue weighted by atomic mass is 10.1. The van der Waals surface area contributed by atoms with Gasteiger partial charge in [-0.2, -0.15) is 0 Å². The van der Waals surface area contributed by atoms with Gasteiger partial charge in [-0.1, -0.05) is 27.5 Å². The van der Waals surface area contributed by atoms with Crippen LogP contribution in [0.1, 0.15) is 15.9 Å². The molecule has 1 heterocycles. The Morgan fingerprint density at radius 3 is 2.26 bits per heavy atom. The fraction of sp³-hybridized carbons (Fsp3) is 0.263. The van der Waals surface area contributed by atoms with E-state index in [4.69, 9.17) is 11.6 Å². The van der Waals surface area contributed by atoms with Crippen molar-refractivity contribution in [1.29, 1.82) is 0 Å². The third kappa shape index (κ3) is 4.84. The van der Waals surface area contributed by atoms with Gasteiger partial charge in [-0.3, -0.25) is 9.59 Å². The van der Waals surface area contributed by atoms with Crippen molar-refractivity contribution >= 4 is 39.3 Å². The summed E-state index contributed by atoms with van der Waals surface area (Å²) in [5.41, 5.74) is 0.900. The molecule has 2 aromatic carbocycles. The molecule has 142 valence electrons. The van der Waals surface area contributed by atoms with E-state index in [2.05, 4.69) is 15.9 Å². The predicted octanol–water partition coefficient (Wildman–Crippen LogP) is 3.91. The Morgan fingerprint density at radius 1 is 0.963 bits per heavy atom. The summed E-state index contributed by atoms with van der Waals surface area (Å²) in [4.78, 5) is 28.1. The zero-order chi connectivity index (χ0) is 19.6. The van der Waals surface area contributed by atoms with E-state index in [0.29, 0.717) is 31.2 Å². The van der Waals surface area contributed by atoms with Crippen molar-refractivity contribution in [1.82, 2.24) is 9.80 Å². The SMILES string of the molecule is O=C(Cc1cc(Cl)cc(Br)c1)N1CCN(C(=O)c2ccc(F)c(F)c2)CC1. The zero-order valence-corrected chi connectivity index (χ0v) is 16.6. The first-order valence-corrected chi connectivity index (χ1v) is 9.47. The summed E-state index contributed by atoms with van der Waals surface area (Å²) in [6, 6.07) is 8.42. The fourth-order valence-corrected chi connectivity index (χ4v) is 3.90. The monoisotopic (exact) mass is 456 g/mol. The van der Waals surface area contributed by atoms with Crippen LogP contribution in [0.2, 0.25) is 5.02 Å². The van der Waals surface area contributed by atoms with Crippen LogP contribution in [0.25, 0.3) is 0 Å². The average Bonchev–Trinajstić information content (AvgIpc) is 2.62. The number of halogens is 4. The Balaban J connectivity index is 1.58. The summed E-state index contributed by atoms with van der Waals surface area (Å²) >= 11 is 9.35. The first kappa shape index (κ1) is 19.8. The van der Waals surface area contributed by atoms with Crippen molar-refractivity contribution in [2.45, 2.75) is 6.42 Å². The fourth-order valence-electron chi connectivity index (χ4n) is 2.97. The Labute approximate surface area is 168 Å². The van der Waals surface area contributed by atoms with Crippen molar-refractivity contribution in [3.63, 3.8) is 0 Å². The number of rotatable bonds is 3. The Hall–Kier alpha value is -1.99. The predicted molar refractivity (Wildman–Crippen MR) is 102 cm³/mol. The minimum absolute atomic E-state index is 0.0518. The van der Waals surface area contributed by atoms with Crippen LogP contribution in [0, 0.1) is 11.6 Å². The third-order valence-corrected chi connectivity index (χ3v) is 5.04.